The number of nitrogens with one attached hydrogen (secondary N) is 1. The minimum absolute atomic E-state index is 0.125. The first-order chi connectivity index (χ1) is 15.2. The molecule has 2 saturated heterocycles. The van der Waals surface area contributed by atoms with Crippen molar-refractivity contribution in [3.63, 3.8) is 0 Å². The van der Waals surface area contributed by atoms with E-state index in [1.807, 2.05) is 17.7 Å². The lowest BCUT2D eigenvalue weighted by molar-refractivity contribution is -0.119. The van der Waals surface area contributed by atoms with Crippen LogP contribution in [0.3, 0.4) is 0 Å². The fourth-order valence-electron chi connectivity index (χ4n) is 4.24. The molecule has 8 heteroatoms. The normalized spacial score (nSPS) is 19.1. The molecule has 3 aromatic rings. The zero-order chi connectivity index (χ0) is 21.2. The first-order valence-electron chi connectivity index (χ1n) is 10.8. The van der Waals surface area contributed by atoms with Crippen molar-refractivity contribution >= 4 is 22.6 Å². The predicted molar refractivity (Wildman–Crippen MR) is 118 cm³/mol. The van der Waals surface area contributed by atoms with Gasteiger partial charge in [0.2, 0.25) is 11.8 Å². The highest BCUT2D eigenvalue weighted by Gasteiger charge is 2.22. The van der Waals surface area contributed by atoms with Gasteiger partial charge in [-0.1, -0.05) is 12.1 Å². The summed E-state index contributed by atoms with van der Waals surface area (Å²) in [6.45, 7) is 4.62. The van der Waals surface area contributed by atoms with Crippen LogP contribution in [0, 0.1) is 5.92 Å². The largest absolute Gasteiger partial charge is 0.476 e. The minimum Gasteiger partial charge on any atom is -0.476 e. The van der Waals surface area contributed by atoms with Gasteiger partial charge in [0.25, 0.3) is 0 Å². The number of benzene rings is 1. The van der Waals surface area contributed by atoms with Gasteiger partial charge in [0.15, 0.2) is 0 Å². The van der Waals surface area contributed by atoms with Crippen LogP contribution in [0.5, 0.6) is 5.88 Å². The van der Waals surface area contributed by atoms with E-state index in [2.05, 4.69) is 39.5 Å². The van der Waals surface area contributed by atoms with E-state index < -0.39 is 0 Å². The monoisotopic (exact) mass is 421 g/mol. The molecule has 1 aromatic carbocycles. The van der Waals surface area contributed by atoms with Gasteiger partial charge in [0.05, 0.1) is 37.4 Å². The molecule has 0 unspecified atom stereocenters. The lowest BCUT2D eigenvalue weighted by atomic mass is 10.1. The number of morpholine rings is 1. The van der Waals surface area contributed by atoms with E-state index in [0.717, 1.165) is 61.6 Å². The topological polar surface area (TPSA) is 81.5 Å². The fraction of sp³-hybridized carbons (Fsp3) is 0.435. The molecule has 1 atom stereocenters. The molecular formula is C23H27N5O3. The molecule has 2 fully saturated rings. The fourth-order valence-corrected chi connectivity index (χ4v) is 4.24. The summed E-state index contributed by atoms with van der Waals surface area (Å²) in [4.78, 5) is 23.1. The van der Waals surface area contributed by atoms with Crippen LogP contribution in [0.2, 0.25) is 0 Å². The number of aromatic nitrogens is 3. The number of anilines is 1. The molecule has 4 heterocycles. The Morgan fingerprint density at radius 2 is 2.03 bits per heavy atom. The van der Waals surface area contributed by atoms with Crippen LogP contribution >= 0.6 is 0 Å². The third kappa shape index (κ3) is 4.20. The number of imidazole rings is 1. The maximum absolute atomic E-state index is 11.4. The molecule has 2 aliphatic heterocycles. The number of rotatable bonds is 6. The van der Waals surface area contributed by atoms with Crippen LogP contribution in [0.4, 0.5) is 5.69 Å². The highest BCUT2D eigenvalue weighted by atomic mass is 16.5. The summed E-state index contributed by atoms with van der Waals surface area (Å²) in [5.74, 6) is 1.03. The Balaban J connectivity index is 1.37. The summed E-state index contributed by atoms with van der Waals surface area (Å²) in [6.07, 6.45) is 3.18. The molecule has 0 radical (unpaired) electrons. The minimum atomic E-state index is 0.125. The molecule has 162 valence electrons. The van der Waals surface area contributed by atoms with E-state index in [1.165, 1.54) is 5.69 Å². The van der Waals surface area contributed by atoms with Crippen molar-refractivity contribution < 1.29 is 14.3 Å². The Labute approximate surface area is 181 Å². The number of pyridine rings is 1. The van der Waals surface area contributed by atoms with Crippen LogP contribution in [0.15, 0.2) is 36.7 Å². The van der Waals surface area contributed by atoms with Gasteiger partial charge < -0.3 is 24.3 Å². The van der Waals surface area contributed by atoms with Crippen LogP contribution < -0.4 is 15.0 Å². The first kappa shape index (κ1) is 19.8. The van der Waals surface area contributed by atoms with Gasteiger partial charge in [-0.25, -0.2) is 9.97 Å². The Morgan fingerprint density at radius 1 is 1.23 bits per heavy atom. The first-order valence-corrected chi connectivity index (χ1v) is 10.8. The summed E-state index contributed by atoms with van der Waals surface area (Å²) < 4.78 is 13.5. The number of fused-ring (bicyclic) bond motifs is 1. The summed E-state index contributed by atoms with van der Waals surface area (Å²) >= 11 is 0. The maximum Gasteiger partial charge on any atom is 0.240 e. The molecule has 0 spiro atoms. The van der Waals surface area contributed by atoms with E-state index in [-0.39, 0.29) is 5.91 Å². The SMILES string of the molecule is Cn1cnc2cc(-c3ccc(N4CCOCC4)cc3)nc(OCC[C@H]3CNC(=O)C3)c21. The van der Waals surface area contributed by atoms with Crippen molar-refractivity contribution in [2.75, 3.05) is 44.4 Å². The van der Waals surface area contributed by atoms with Crippen molar-refractivity contribution in [3.8, 4) is 17.1 Å². The Bertz CT molecular complexity index is 1070. The van der Waals surface area contributed by atoms with Gasteiger partial charge in [-0.3, -0.25) is 4.79 Å². The summed E-state index contributed by atoms with van der Waals surface area (Å²) in [5, 5.41) is 2.88. The molecule has 2 aromatic heterocycles. The lowest BCUT2D eigenvalue weighted by Crippen LogP contribution is -2.36. The molecule has 2 aliphatic rings. The summed E-state index contributed by atoms with van der Waals surface area (Å²) in [5.41, 5.74) is 4.81. The highest BCUT2D eigenvalue weighted by molar-refractivity contribution is 5.84. The van der Waals surface area contributed by atoms with E-state index in [1.54, 1.807) is 6.33 Å². The molecule has 5 rings (SSSR count). The Kier molecular flexibility index (Phi) is 5.46. The molecule has 0 aliphatic carbocycles. The van der Waals surface area contributed by atoms with Crippen LogP contribution in [0.1, 0.15) is 12.8 Å². The van der Waals surface area contributed by atoms with E-state index in [0.29, 0.717) is 24.8 Å². The second-order valence-corrected chi connectivity index (χ2v) is 8.19. The summed E-state index contributed by atoms with van der Waals surface area (Å²) in [7, 11) is 1.94. The predicted octanol–water partition coefficient (Wildman–Crippen LogP) is 2.38. The van der Waals surface area contributed by atoms with Gasteiger partial charge in [-0.15, -0.1) is 0 Å². The van der Waals surface area contributed by atoms with Crippen LogP contribution in [-0.4, -0.2) is 59.9 Å². The van der Waals surface area contributed by atoms with Crippen molar-refractivity contribution in [3.05, 3.63) is 36.7 Å². The van der Waals surface area contributed by atoms with Gasteiger partial charge in [0.1, 0.15) is 5.52 Å². The number of hydrogen-bond acceptors (Lipinski definition) is 6. The molecule has 31 heavy (non-hydrogen) atoms. The quantitative estimate of drug-likeness (QED) is 0.658. The maximum atomic E-state index is 11.4. The molecule has 1 N–H and O–H groups in total. The zero-order valence-electron chi connectivity index (χ0n) is 17.7. The van der Waals surface area contributed by atoms with E-state index in [4.69, 9.17) is 14.5 Å². The van der Waals surface area contributed by atoms with Crippen molar-refractivity contribution in [1.29, 1.82) is 0 Å². The molecule has 1 amide bonds. The van der Waals surface area contributed by atoms with E-state index in [9.17, 15) is 4.79 Å². The van der Waals surface area contributed by atoms with E-state index >= 15 is 0 Å². The number of hydrogen-bond donors (Lipinski definition) is 1. The number of ether oxygens (including phenoxy) is 2. The van der Waals surface area contributed by atoms with Gasteiger partial charge in [-0.2, -0.15) is 0 Å². The number of aryl methyl sites for hydroxylation is 1. The Hall–Kier alpha value is -3.13. The van der Waals surface area contributed by atoms with Crippen LogP contribution in [-0.2, 0) is 16.6 Å². The van der Waals surface area contributed by atoms with Crippen LogP contribution in [0.25, 0.3) is 22.3 Å². The Morgan fingerprint density at radius 3 is 2.77 bits per heavy atom. The lowest BCUT2D eigenvalue weighted by Gasteiger charge is -2.28. The molecule has 0 bridgehead atoms. The highest BCUT2D eigenvalue weighted by Crippen LogP contribution is 2.30. The summed E-state index contributed by atoms with van der Waals surface area (Å²) in [6, 6.07) is 10.5. The standard InChI is InChI=1S/C23H27N5O3/c1-27-15-25-20-13-19(17-2-4-18(5-3-17)28-7-10-30-11-8-28)26-23(22(20)27)31-9-6-16-12-21(29)24-14-16/h2-5,13,15-16H,6-12,14H2,1H3,(H,24,29)/t16-/m1/s1. The smallest absolute Gasteiger partial charge is 0.240 e. The van der Waals surface area contributed by atoms with Crippen molar-refractivity contribution in [2.24, 2.45) is 13.0 Å². The van der Waals surface area contributed by atoms with Gasteiger partial charge in [0, 0.05) is 44.4 Å². The molecule has 8 nitrogen and oxygen atoms in total. The number of amides is 1. The number of carbonyl (C=O) groups excluding carboxylic acids is 1. The third-order valence-electron chi connectivity index (χ3n) is 6.03. The average molecular weight is 422 g/mol. The third-order valence-corrected chi connectivity index (χ3v) is 6.03. The number of nitrogens with zero attached hydrogens (tertiary/aromatic N) is 4. The molecular weight excluding hydrogens is 394 g/mol. The molecule has 0 saturated carbocycles. The average Bonchev–Trinajstić information content (AvgIpc) is 3.39. The van der Waals surface area contributed by atoms with Gasteiger partial charge >= 0.3 is 0 Å². The van der Waals surface area contributed by atoms with Crippen molar-refractivity contribution in [2.45, 2.75) is 12.8 Å². The second-order valence-electron chi connectivity index (χ2n) is 8.19. The zero-order valence-corrected chi connectivity index (χ0v) is 17.7. The van der Waals surface area contributed by atoms with Crippen molar-refractivity contribution in [1.82, 2.24) is 19.9 Å². The number of carbonyl (C=O) groups is 1. The second kappa shape index (κ2) is 8.55. The van der Waals surface area contributed by atoms with Gasteiger partial charge in [-0.05, 0) is 30.5 Å².